The maximum atomic E-state index is 11.4. The Morgan fingerprint density at radius 2 is 2.00 bits per heavy atom. The van der Waals surface area contributed by atoms with Crippen molar-refractivity contribution in [1.82, 2.24) is 5.32 Å². The third-order valence-electron chi connectivity index (χ3n) is 2.44. The first kappa shape index (κ1) is 13.5. The van der Waals surface area contributed by atoms with Crippen LogP contribution in [-0.2, 0) is 0 Å². The molecule has 4 heteroatoms. The summed E-state index contributed by atoms with van der Waals surface area (Å²) >= 11 is 0. The molecule has 0 aromatic heterocycles. The summed E-state index contributed by atoms with van der Waals surface area (Å²) in [5, 5.41) is 3.31. The van der Waals surface area contributed by atoms with Crippen LogP contribution in [0.1, 0.15) is 20.3 Å². The summed E-state index contributed by atoms with van der Waals surface area (Å²) in [4.78, 5) is 13.0. The number of para-hydroxylation sites is 1. The molecule has 0 saturated carbocycles. The highest BCUT2D eigenvalue weighted by atomic mass is 16.2. The second kappa shape index (κ2) is 6.91. The van der Waals surface area contributed by atoms with E-state index in [-0.39, 0.29) is 0 Å². The van der Waals surface area contributed by atoms with Gasteiger partial charge in [0.25, 0.3) is 0 Å². The highest BCUT2D eigenvalue weighted by molar-refractivity contribution is 5.90. The maximum absolute atomic E-state index is 11.4. The summed E-state index contributed by atoms with van der Waals surface area (Å²) in [6.07, 6.45) is 0.885. The number of benzene rings is 1. The quantitative estimate of drug-likeness (QED) is 0.740. The monoisotopic (exact) mass is 235 g/mol. The van der Waals surface area contributed by atoms with Crippen LogP contribution in [0.3, 0.4) is 0 Å². The van der Waals surface area contributed by atoms with Crippen LogP contribution in [0.15, 0.2) is 30.3 Å². The van der Waals surface area contributed by atoms with Gasteiger partial charge in [-0.2, -0.15) is 0 Å². The minimum atomic E-state index is -0.402. The van der Waals surface area contributed by atoms with Gasteiger partial charge >= 0.3 is 6.03 Å². The Morgan fingerprint density at radius 1 is 1.35 bits per heavy atom. The first-order chi connectivity index (χ1) is 8.11. The predicted molar refractivity (Wildman–Crippen MR) is 71.1 cm³/mol. The normalized spacial score (nSPS) is 10.5. The van der Waals surface area contributed by atoms with Crippen LogP contribution in [0.2, 0.25) is 0 Å². The number of rotatable bonds is 6. The maximum Gasteiger partial charge on any atom is 0.319 e. The van der Waals surface area contributed by atoms with Crippen molar-refractivity contribution in [3.8, 4) is 0 Å². The van der Waals surface area contributed by atoms with Gasteiger partial charge in [-0.15, -0.1) is 0 Å². The summed E-state index contributed by atoms with van der Waals surface area (Å²) in [6.45, 7) is 5.72. The zero-order chi connectivity index (χ0) is 12.7. The van der Waals surface area contributed by atoms with E-state index in [4.69, 9.17) is 5.73 Å². The van der Waals surface area contributed by atoms with E-state index in [1.54, 1.807) is 4.90 Å². The van der Waals surface area contributed by atoms with Gasteiger partial charge in [-0.05, 0) is 25.1 Å². The summed E-state index contributed by atoms with van der Waals surface area (Å²) in [7, 11) is 0. The molecule has 0 heterocycles. The Bertz CT molecular complexity index is 338. The van der Waals surface area contributed by atoms with E-state index in [2.05, 4.69) is 19.2 Å². The van der Waals surface area contributed by atoms with E-state index >= 15 is 0 Å². The SMILES string of the molecule is CC(C)NCCCN(C(N)=O)c1ccccc1. The van der Waals surface area contributed by atoms with Crippen molar-refractivity contribution >= 4 is 11.7 Å². The second-order valence-corrected chi connectivity index (χ2v) is 4.29. The lowest BCUT2D eigenvalue weighted by molar-refractivity contribution is 0.254. The minimum absolute atomic E-state index is 0.402. The number of hydrogen-bond acceptors (Lipinski definition) is 2. The Balaban J connectivity index is 2.48. The Kier molecular flexibility index (Phi) is 5.49. The molecule has 2 amide bonds. The van der Waals surface area contributed by atoms with Gasteiger partial charge in [0.2, 0.25) is 0 Å². The molecule has 0 saturated heterocycles. The standard InChI is InChI=1S/C13H21N3O/c1-11(2)15-9-6-10-16(13(14)17)12-7-4-3-5-8-12/h3-5,7-8,11,15H,6,9-10H2,1-2H3,(H2,14,17). The summed E-state index contributed by atoms with van der Waals surface area (Å²) in [6, 6.07) is 9.56. The highest BCUT2D eigenvalue weighted by Gasteiger charge is 2.10. The number of anilines is 1. The molecular formula is C13H21N3O. The van der Waals surface area contributed by atoms with Gasteiger partial charge in [-0.25, -0.2) is 4.79 Å². The molecule has 0 aliphatic heterocycles. The molecule has 1 rings (SSSR count). The second-order valence-electron chi connectivity index (χ2n) is 4.29. The summed E-state index contributed by atoms with van der Waals surface area (Å²) < 4.78 is 0. The Morgan fingerprint density at radius 3 is 2.53 bits per heavy atom. The molecule has 0 fully saturated rings. The first-order valence-electron chi connectivity index (χ1n) is 5.96. The lowest BCUT2D eigenvalue weighted by Gasteiger charge is -2.20. The van der Waals surface area contributed by atoms with Gasteiger partial charge in [0.05, 0.1) is 0 Å². The molecule has 0 radical (unpaired) electrons. The summed E-state index contributed by atoms with van der Waals surface area (Å²) in [5.41, 5.74) is 6.23. The fourth-order valence-corrected chi connectivity index (χ4v) is 1.60. The molecule has 3 N–H and O–H groups in total. The number of carbonyl (C=O) groups excluding carboxylic acids is 1. The predicted octanol–water partition coefficient (Wildman–Crippen LogP) is 1.96. The van der Waals surface area contributed by atoms with Crippen LogP contribution in [0, 0.1) is 0 Å². The van der Waals surface area contributed by atoms with Crippen molar-refractivity contribution in [3.05, 3.63) is 30.3 Å². The number of nitrogens with zero attached hydrogens (tertiary/aromatic N) is 1. The molecule has 17 heavy (non-hydrogen) atoms. The van der Waals surface area contributed by atoms with Gasteiger partial charge in [-0.3, -0.25) is 4.90 Å². The zero-order valence-corrected chi connectivity index (χ0v) is 10.5. The van der Waals surface area contributed by atoms with Gasteiger partial charge in [0, 0.05) is 18.3 Å². The van der Waals surface area contributed by atoms with Crippen LogP contribution in [0.5, 0.6) is 0 Å². The number of hydrogen-bond donors (Lipinski definition) is 2. The molecule has 0 bridgehead atoms. The molecule has 0 atom stereocenters. The third kappa shape index (κ3) is 4.87. The number of primary amides is 1. The minimum Gasteiger partial charge on any atom is -0.351 e. The van der Waals surface area contributed by atoms with Gasteiger partial charge in [-0.1, -0.05) is 32.0 Å². The zero-order valence-electron chi connectivity index (χ0n) is 10.5. The van der Waals surface area contributed by atoms with Gasteiger partial charge in [0.15, 0.2) is 0 Å². The lowest BCUT2D eigenvalue weighted by Crippen LogP contribution is -2.38. The van der Waals surface area contributed by atoms with Crippen LogP contribution in [-0.4, -0.2) is 25.2 Å². The lowest BCUT2D eigenvalue weighted by atomic mass is 10.2. The number of carbonyl (C=O) groups is 1. The van der Waals surface area contributed by atoms with Gasteiger partial charge in [0.1, 0.15) is 0 Å². The number of nitrogens with two attached hydrogens (primary N) is 1. The van der Waals surface area contributed by atoms with Crippen molar-refractivity contribution in [2.24, 2.45) is 5.73 Å². The average Bonchev–Trinajstić information content (AvgIpc) is 2.29. The molecular weight excluding hydrogens is 214 g/mol. The third-order valence-corrected chi connectivity index (χ3v) is 2.44. The number of nitrogens with one attached hydrogen (secondary N) is 1. The molecule has 0 spiro atoms. The number of urea groups is 1. The van der Waals surface area contributed by atoms with Crippen molar-refractivity contribution in [1.29, 1.82) is 0 Å². The smallest absolute Gasteiger partial charge is 0.319 e. The number of amides is 2. The van der Waals surface area contributed by atoms with Gasteiger partial charge < -0.3 is 11.1 Å². The van der Waals surface area contributed by atoms with E-state index in [1.807, 2.05) is 30.3 Å². The Labute approximate surface area is 103 Å². The van der Waals surface area contributed by atoms with Crippen molar-refractivity contribution < 1.29 is 4.79 Å². The Hall–Kier alpha value is -1.55. The van der Waals surface area contributed by atoms with Crippen molar-refractivity contribution in [2.45, 2.75) is 26.3 Å². The fraction of sp³-hybridized carbons (Fsp3) is 0.462. The molecule has 4 nitrogen and oxygen atoms in total. The van der Waals surface area contributed by atoms with Crippen LogP contribution >= 0.6 is 0 Å². The van der Waals surface area contributed by atoms with Crippen molar-refractivity contribution in [2.75, 3.05) is 18.0 Å². The highest BCUT2D eigenvalue weighted by Crippen LogP contribution is 2.12. The van der Waals surface area contributed by atoms with E-state index in [0.29, 0.717) is 12.6 Å². The molecule has 0 aliphatic rings. The van der Waals surface area contributed by atoms with Crippen LogP contribution < -0.4 is 16.0 Å². The van der Waals surface area contributed by atoms with Crippen LogP contribution in [0.25, 0.3) is 0 Å². The van der Waals surface area contributed by atoms with E-state index in [1.165, 1.54) is 0 Å². The largest absolute Gasteiger partial charge is 0.351 e. The van der Waals surface area contributed by atoms with E-state index < -0.39 is 6.03 Å². The average molecular weight is 235 g/mol. The van der Waals surface area contributed by atoms with Crippen LogP contribution in [0.4, 0.5) is 10.5 Å². The summed E-state index contributed by atoms with van der Waals surface area (Å²) in [5.74, 6) is 0. The van der Waals surface area contributed by atoms with E-state index in [9.17, 15) is 4.79 Å². The molecule has 1 aromatic rings. The molecule has 94 valence electrons. The van der Waals surface area contributed by atoms with Crippen molar-refractivity contribution in [3.63, 3.8) is 0 Å². The molecule has 0 aliphatic carbocycles. The fourth-order valence-electron chi connectivity index (χ4n) is 1.60. The molecule has 1 aromatic carbocycles. The first-order valence-corrected chi connectivity index (χ1v) is 5.96. The topological polar surface area (TPSA) is 58.4 Å². The molecule has 0 unspecified atom stereocenters. The van der Waals surface area contributed by atoms with E-state index in [0.717, 1.165) is 18.7 Å².